The second-order valence-corrected chi connectivity index (χ2v) is 5.69. The lowest BCUT2D eigenvalue weighted by Gasteiger charge is -2.11. The van der Waals surface area contributed by atoms with Crippen molar-refractivity contribution in [3.8, 4) is 5.75 Å². The summed E-state index contributed by atoms with van der Waals surface area (Å²) in [6, 6.07) is 6.98. The summed E-state index contributed by atoms with van der Waals surface area (Å²) in [5.74, 6) is 0.746. The van der Waals surface area contributed by atoms with Crippen molar-refractivity contribution in [1.29, 1.82) is 0 Å². The molecule has 5 nitrogen and oxygen atoms in total. The molecule has 2 aromatic rings. The largest absolute Gasteiger partial charge is 0.508 e. The molecule has 1 aliphatic carbocycles. The Morgan fingerprint density at radius 2 is 2.14 bits per heavy atom. The van der Waals surface area contributed by atoms with Crippen LogP contribution in [0.15, 0.2) is 35.3 Å². The summed E-state index contributed by atoms with van der Waals surface area (Å²) < 4.78 is 1.46. The lowest BCUT2D eigenvalue weighted by molar-refractivity contribution is 0.469. The van der Waals surface area contributed by atoms with E-state index in [4.69, 9.17) is 11.6 Å². The molecule has 1 heterocycles. The molecule has 1 aromatic carbocycles. The Morgan fingerprint density at radius 3 is 2.86 bits per heavy atom. The van der Waals surface area contributed by atoms with E-state index in [1.807, 2.05) is 6.07 Å². The molecule has 1 fully saturated rings. The first-order valence-electron chi connectivity index (χ1n) is 6.91. The van der Waals surface area contributed by atoms with Crippen molar-refractivity contribution in [3.05, 3.63) is 51.4 Å². The number of rotatable bonds is 5. The zero-order valence-electron chi connectivity index (χ0n) is 11.4. The van der Waals surface area contributed by atoms with Crippen LogP contribution in [-0.4, -0.2) is 14.9 Å². The number of phenolic OH excluding ortho intramolecular Hbond substituents is 1. The van der Waals surface area contributed by atoms with E-state index in [0.29, 0.717) is 35.3 Å². The zero-order valence-corrected chi connectivity index (χ0v) is 12.2. The van der Waals surface area contributed by atoms with E-state index in [2.05, 4.69) is 10.4 Å². The fraction of sp³-hybridized carbons (Fsp3) is 0.333. The van der Waals surface area contributed by atoms with Crippen LogP contribution in [0.2, 0.25) is 5.02 Å². The van der Waals surface area contributed by atoms with Crippen molar-refractivity contribution in [2.75, 3.05) is 5.32 Å². The average Bonchev–Trinajstić information content (AvgIpc) is 3.28. The van der Waals surface area contributed by atoms with E-state index < -0.39 is 0 Å². The Balaban J connectivity index is 1.81. The van der Waals surface area contributed by atoms with Gasteiger partial charge in [0.2, 0.25) is 0 Å². The molecule has 0 atom stereocenters. The highest BCUT2D eigenvalue weighted by Gasteiger charge is 2.23. The lowest BCUT2D eigenvalue weighted by Crippen LogP contribution is -2.26. The third-order valence-electron chi connectivity index (χ3n) is 3.57. The van der Waals surface area contributed by atoms with Crippen LogP contribution < -0.4 is 10.9 Å². The normalized spacial score (nSPS) is 14.1. The predicted molar refractivity (Wildman–Crippen MR) is 81.7 cm³/mol. The van der Waals surface area contributed by atoms with Crippen molar-refractivity contribution in [2.24, 2.45) is 5.92 Å². The quantitative estimate of drug-likeness (QED) is 0.891. The lowest BCUT2D eigenvalue weighted by atomic mass is 10.2. The van der Waals surface area contributed by atoms with Crippen LogP contribution in [0.25, 0.3) is 0 Å². The van der Waals surface area contributed by atoms with Crippen molar-refractivity contribution >= 4 is 17.3 Å². The SMILES string of the molecule is O=c1c(NCc2ccccc2O)c(Cl)cnn1CC1CC1. The molecule has 0 amide bonds. The highest BCUT2D eigenvalue weighted by atomic mass is 35.5. The van der Waals surface area contributed by atoms with Gasteiger partial charge in [-0.3, -0.25) is 4.79 Å². The molecule has 110 valence electrons. The molecule has 1 aliphatic rings. The first-order valence-corrected chi connectivity index (χ1v) is 7.29. The minimum atomic E-state index is -0.218. The number of aromatic hydroxyl groups is 1. The summed E-state index contributed by atoms with van der Waals surface area (Å²) >= 11 is 6.06. The van der Waals surface area contributed by atoms with E-state index in [-0.39, 0.29) is 11.3 Å². The number of nitrogens with one attached hydrogen (secondary N) is 1. The Kier molecular flexibility index (Phi) is 3.84. The summed E-state index contributed by atoms with van der Waals surface area (Å²) in [6.45, 7) is 0.969. The Hall–Kier alpha value is -2.01. The first-order chi connectivity index (χ1) is 10.1. The van der Waals surface area contributed by atoms with Gasteiger partial charge in [-0.2, -0.15) is 5.10 Å². The standard InChI is InChI=1S/C15H16ClN3O2/c16-12-8-18-19(9-10-5-6-10)15(21)14(12)17-7-11-3-1-2-4-13(11)20/h1-4,8,10,17,20H,5-7,9H2. The first kappa shape index (κ1) is 13.9. The second-order valence-electron chi connectivity index (χ2n) is 5.28. The van der Waals surface area contributed by atoms with Gasteiger partial charge in [0.05, 0.1) is 11.2 Å². The van der Waals surface area contributed by atoms with Gasteiger partial charge in [-0.1, -0.05) is 29.8 Å². The maximum atomic E-state index is 12.4. The Labute approximate surface area is 127 Å². The third-order valence-corrected chi connectivity index (χ3v) is 3.86. The van der Waals surface area contributed by atoms with Gasteiger partial charge in [0.15, 0.2) is 0 Å². The second kappa shape index (κ2) is 5.77. The van der Waals surface area contributed by atoms with Crippen LogP contribution in [0.5, 0.6) is 5.75 Å². The fourth-order valence-electron chi connectivity index (χ4n) is 2.15. The number of benzene rings is 1. The number of aromatic nitrogens is 2. The number of phenols is 1. The molecule has 0 spiro atoms. The van der Waals surface area contributed by atoms with E-state index >= 15 is 0 Å². The van der Waals surface area contributed by atoms with Gasteiger partial charge in [0.25, 0.3) is 5.56 Å². The van der Waals surface area contributed by atoms with Crippen LogP contribution in [0.4, 0.5) is 5.69 Å². The van der Waals surface area contributed by atoms with Crippen molar-refractivity contribution in [2.45, 2.75) is 25.9 Å². The maximum Gasteiger partial charge on any atom is 0.291 e. The molecular formula is C15H16ClN3O2. The Morgan fingerprint density at radius 1 is 1.38 bits per heavy atom. The Bertz CT molecular complexity index is 710. The number of hydrogen-bond acceptors (Lipinski definition) is 4. The van der Waals surface area contributed by atoms with E-state index in [1.165, 1.54) is 10.9 Å². The number of anilines is 1. The molecule has 3 rings (SSSR count). The van der Waals surface area contributed by atoms with Crippen LogP contribution in [0, 0.1) is 5.92 Å². The molecule has 0 unspecified atom stereocenters. The van der Waals surface area contributed by atoms with Crippen LogP contribution >= 0.6 is 11.6 Å². The van der Waals surface area contributed by atoms with Gasteiger partial charge < -0.3 is 10.4 Å². The van der Waals surface area contributed by atoms with Crippen LogP contribution in [-0.2, 0) is 13.1 Å². The van der Waals surface area contributed by atoms with E-state index in [0.717, 1.165) is 12.8 Å². The van der Waals surface area contributed by atoms with Gasteiger partial charge in [0, 0.05) is 18.7 Å². The van der Waals surface area contributed by atoms with Gasteiger partial charge in [-0.15, -0.1) is 0 Å². The summed E-state index contributed by atoms with van der Waals surface area (Å²) in [6.07, 6.45) is 3.79. The molecule has 0 saturated heterocycles. The summed E-state index contributed by atoms with van der Waals surface area (Å²) in [4.78, 5) is 12.4. The highest BCUT2D eigenvalue weighted by molar-refractivity contribution is 6.32. The topological polar surface area (TPSA) is 67.2 Å². The summed E-state index contributed by atoms with van der Waals surface area (Å²) in [7, 11) is 0. The third kappa shape index (κ3) is 3.19. The van der Waals surface area contributed by atoms with Gasteiger partial charge in [-0.25, -0.2) is 4.68 Å². The minimum Gasteiger partial charge on any atom is -0.508 e. The monoisotopic (exact) mass is 305 g/mol. The van der Waals surface area contributed by atoms with Crippen molar-refractivity contribution in [3.63, 3.8) is 0 Å². The zero-order chi connectivity index (χ0) is 14.8. The number of hydrogen-bond donors (Lipinski definition) is 2. The molecule has 6 heteroatoms. The van der Waals surface area contributed by atoms with E-state index in [9.17, 15) is 9.90 Å². The molecule has 0 bridgehead atoms. The van der Waals surface area contributed by atoms with Crippen LogP contribution in [0.1, 0.15) is 18.4 Å². The van der Waals surface area contributed by atoms with E-state index in [1.54, 1.807) is 18.2 Å². The van der Waals surface area contributed by atoms with Crippen molar-refractivity contribution in [1.82, 2.24) is 9.78 Å². The molecular weight excluding hydrogens is 290 g/mol. The molecule has 21 heavy (non-hydrogen) atoms. The highest BCUT2D eigenvalue weighted by Crippen LogP contribution is 2.30. The maximum absolute atomic E-state index is 12.4. The van der Waals surface area contributed by atoms with Gasteiger partial charge in [0.1, 0.15) is 11.4 Å². The fourth-order valence-corrected chi connectivity index (χ4v) is 2.34. The summed E-state index contributed by atoms with van der Waals surface area (Å²) in [5, 5.41) is 17.1. The molecule has 1 aromatic heterocycles. The molecule has 1 saturated carbocycles. The van der Waals surface area contributed by atoms with Gasteiger partial charge in [-0.05, 0) is 24.8 Å². The molecule has 0 aliphatic heterocycles. The molecule has 0 radical (unpaired) electrons. The predicted octanol–water partition coefficient (Wildman–Crippen LogP) is 2.62. The van der Waals surface area contributed by atoms with Crippen molar-refractivity contribution < 1.29 is 5.11 Å². The number of para-hydroxylation sites is 1. The smallest absolute Gasteiger partial charge is 0.291 e. The number of halogens is 1. The van der Waals surface area contributed by atoms with Gasteiger partial charge >= 0.3 is 0 Å². The average molecular weight is 306 g/mol. The summed E-state index contributed by atoms with van der Waals surface area (Å²) in [5.41, 5.74) is 0.818. The minimum absolute atomic E-state index is 0.188. The molecule has 2 N–H and O–H groups in total. The van der Waals surface area contributed by atoms with Crippen LogP contribution in [0.3, 0.4) is 0 Å². The number of nitrogens with zero attached hydrogens (tertiary/aromatic N) is 2.